The zero-order valence-corrected chi connectivity index (χ0v) is 20.5. The van der Waals surface area contributed by atoms with Crippen molar-refractivity contribution in [2.75, 3.05) is 5.75 Å². The van der Waals surface area contributed by atoms with E-state index < -0.39 is 0 Å². The summed E-state index contributed by atoms with van der Waals surface area (Å²) in [7, 11) is 1.88. The van der Waals surface area contributed by atoms with Gasteiger partial charge in [-0.3, -0.25) is 9.59 Å². The molecule has 1 saturated carbocycles. The number of benzene rings is 1. The van der Waals surface area contributed by atoms with E-state index in [1.807, 2.05) is 56.7 Å². The van der Waals surface area contributed by atoms with Crippen molar-refractivity contribution < 1.29 is 9.59 Å². The van der Waals surface area contributed by atoms with Gasteiger partial charge in [-0.2, -0.15) is 0 Å². The van der Waals surface area contributed by atoms with Crippen LogP contribution in [0.4, 0.5) is 0 Å². The molecular formula is C24H35N5O2S. The van der Waals surface area contributed by atoms with E-state index in [0.717, 1.165) is 12.0 Å². The van der Waals surface area contributed by atoms with E-state index >= 15 is 0 Å². The number of hydrogen-bond acceptors (Lipinski definition) is 5. The van der Waals surface area contributed by atoms with Crippen molar-refractivity contribution in [2.45, 2.75) is 70.6 Å². The number of carbonyl (C=O) groups excluding carboxylic acids is 2. The molecule has 174 valence electrons. The molecule has 0 radical (unpaired) electrons. The highest BCUT2D eigenvalue weighted by Crippen LogP contribution is 2.26. The van der Waals surface area contributed by atoms with Crippen LogP contribution < -0.4 is 10.6 Å². The summed E-state index contributed by atoms with van der Waals surface area (Å²) in [5.74, 6) is 1.54. The van der Waals surface area contributed by atoms with Gasteiger partial charge >= 0.3 is 0 Å². The molecule has 1 fully saturated rings. The second-order valence-electron chi connectivity index (χ2n) is 9.19. The molecule has 32 heavy (non-hydrogen) atoms. The van der Waals surface area contributed by atoms with E-state index in [9.17, 15) is 9.59 Å². The molecule has 1 aromatic carbocycles. The van der Waals surface area contributed by atoms with Crippen LogP contribution in [0.15, 0.2) is 29.4 Å². The monoisotopic (exact) mass is 457 g/mol. The van der Waals surface area contributed by atoms with Gasteiger partial charge in [0.25, 0.3) is 5.91 Å². The zero-order chi connectivity index (χ0) is 23.3. The smallest absolute Gasteiger partial charge is 0.251 e. The lowest BCUT2D eigenvalue weighted by Crippen LogP contribution is -2.41. The molecule has 8 heteroatoms. The highest BCUT2D eigenvalue weighted by atomic mass is 32.2. The van der Waals surface area contributed by atoms with Crippen molar-refractivity contribution in [2.24, 2.45) is 18.9 Å². The summed E-state index contributed by atoms with van der Waals surface area (Å²) in [6, 6.07) is 7.51. The fraction of sp³-hybridized carbons (Fsp3) is 0.583. The molecule has 1 aliphatic rings. The van der Waals surface area contributed by atoms with Crippen LogP contribution in [0, 0.1) is 18.8 Å². The lowest BCUT2D eigenvalue weighted by atomic mass is 9.86. The molecule has 1 aliphatic carbocycles. The van der Waals surface area contributed by atoms with Crippen LogP contribution in [0.2, 0.25) is 0 Å². The summed E-state index contributed by atoms with van der Waals surface area (Å²) in [4.78, 5) is 25.3. The molecule has 2 aromatic rings. The molecule has 1 aromatic heterocycles. The summed E-state index contributed by atoms with van der Waals surface area (Å²) < 4.78 is 1.88. The van der Waals surface area contributed by atoms with Crippen LogP contribution in [0.25, 0.3) is 0 Å². The Morgan fingerprint density at radius 3 is 2.66 bits per heavy atom. The Balaban J connectivity index is 1.63. The van der Waals surface area contributed by atoms with Crippen molar-refractivity contribution >= 4 is 23.6 Å². The third-order valence-corrected chi connectivity index (χ3v) is 7.19. The third-order valence-electron chi connectivity index (χ3n) is 6.17. The van der Waals surface area contributed by atoms with Gasteiger partial charge in [-0.15, -0.1) is 10.2 Å². The molecule has 3 atom stereocenters. The Hall–Kier alpha value is -2.35. The second-order valence-corrected chi connectivity index (χ2v) is 10.1. The molecule has 1 heterocycles. The molecular weight excluding hydrogens is 422 g/mol. The van der Waals surface area contributed by atoms with Gasteiger partial charge in [0.05, 0.1) is 11.8 Å². The predicted molar refractivity (Wildman–Crippen MR) is 128 cm³/mol. The van der Waals surface area contributed by atoms with Crippen molar-refractivity contribution in [3.05, 3.63) is 41.2 Å². The van der Waals surface area contributed by atoms with Crippen LogP contribution in [0.3, 0.4) is 0 Å². The normalized spacial score (nSPS) is 19.6. The minimum Gasteiger partial charge on any atom is -0.352 e. The average molecular weight is 458 g/mol. The Morgan fingerprint density at radius 1 is 1.22 bits per heavy atom. The Bertz CT molecular complexity index is 942. The summed E-state index contributed by atoms with van der Waals surface area (Å²) in [6.45, 7) is 8.26. The van der Waals surface area contributed by atoms with E-state index in [0.29, 0.717) is 28.2 Å². The number of rotatable bonds is 8. The first-order chi connectivity index (χ1) is 15.3. The number of carbonyl (C=O) groups is 2. The zero-order valence-electron chi connectivity index (χ0n) is 19.7. The predicted octanol–water partition coefficient (Wildman–Crippen LogP) is 4.04. The summed E-state index contributed by atoms with van der Waals surface area (Å²) >= 11 is 1.38. The molecule has 2 N–H and O–H groups in total. The quantitative estimate of drug-likeness (QED) is 0.584. The minimum absolute atomic E-state index is 0.0338. The molecule has 0 bridgehead atoms. The maximum Gasteiger partial charge on any atom is 0.251 e. The first kappa shape index (κ1) is 24.3. The molecule has 3 rings (SSSR count). The number of aryl methyl sites for hydroxylation is 1. The van der Waals surface area contributed by atoms with Crippen molar-refractivity contribution in [1.29, 1.82) is 0 Å². The fourth-order valence-electron chi connectivity index (χ4n) is 4.17. The molecule has 0 unspecified atom stereocenters. The largest absolute Gasteiger partial charge is 0.352 e. The van der Waals surface area contributed by atoms with Gasteiger partial charge in [-0.25, -0.2) is 0 Å². The van der Waals surface area contributed by atoms with Gasteiger partial charge in [0.2, 0.25) is 5.91 Å². The number of nitrogens with zero attached hydrogens (tertiary/aromatic N) is 3. The first-order valence-corrected chi connectivity index (χ1v) is 12.4. The number of hydrogen-bond donors (Lipinski definition) is 2. The standard InChI is InChI=1S/C24H35N5O2S/c1-15(2)21(26-23(31)18-11-8-9-16(3)13-18)22-27-28-24(29(22)5)32-14-20(30)25-19-12-7-6-10-17(19)4/h8-9,11,13,15,17,19,21H,6-7,10,12,14H2,1-5H3,(H,25,30)(H,26,31)/t17-,19+,21-/m0/s1. The van der Waals surface area contributed by atoms with E-state index in [-0.39, 0.29) is 29.8 Å². The molecule has 0 spiro atoms. The van der Waals surface area contributed by atoms with Gasteiger partial charge in [0.1, 0.15) is 0 Å². The van der Waals surface area contributed by atoms with Crippen LogP contribution in [0.1, 0.15) is 74.2 Å². The third kappa shape index (κ3) is 6.12. The molecule has 0 saturated heterocycles. The van der Waals surface area contributed by atoms with Crippen molar-refractivity contribution in [3.63, 3.8) is 0 Å². The lowest BCUT2D eigenvalue weighted by Gasteiger charge is -2.29. The number of aromatic nitrogens is 3. The Morgan fingerprint density at radius 2 is 1.97 bits per heavy atom. The highest BCUT2D eigenvalue weighted by Gasteiger charge is 2.26. The van der Waals surface area contributed by atoms with Crippen molar-refractivity contribution in [3.8, 4) is 0 Å². The van der Waals surface area contributed by atoms with Gasteiger partial charge in [0, 0.05) is 18.7 Å². The van der Waals surface area contributed by atoms with Gasteiger partial charge in [-0.05, 0) is 43.7 Å². The van der Waals surface area contributed by atoms with E-state index in [2.05, 4.69) is 27.8 Å². The highest BCUT2D eigenvalue weighted by molar-refractivity contribution is 7.99. The van der Waals surface area contributed by atoms with E-state index in [1.165, 1.54) is 31.0 Å². The van der Waals surface area contributed by atoms with Gasteiger partial charge < -0.3 is 15.2 Å². The molecule has 0 aliphatic heterocycles. The number of nitrogens with one attached hydrogen (secondary N) is 2. The minimum atomic E-state index is -0.285. The topological polar surface area (TPSA) is 88.9 Å². The van der Waals surface area contributed by atoms with Crippen LogP contribution in [0.5, 0.6) is 0 Å². The SMILES string of the molecule is Cc1cccc(C(=O)N[C@H](c2nnc(SCC(=O)N[C@@H]3CCCC[C@@H]3C)n2C)C(C)C)c1. The average Bonchev–Trinajstić information content (AvgIpc) is 3.11. The van der Waals surface area contributed by atoms with Gasteiger partial charge in [-0.1, -0.05) is 63.1 Å². The van der Waals surface area contributed by atoms with E-state index in [1.54, 1.807) is 0 Å². The Kier molecular flexibility index (Phi) is 8.34. The van der Waals surface area contributed by atoms with Crippen molar-refractivity contribution in [1.82, 2.24) is 25.4 Å². The second kappa shape index (κ2) is 11.0. The number of thioether (sulfide) groups is 1. The molecule has 2 amide bonds. The Labute approximate surface area is 195 Å². The maximum absolute atomic E-state index is 12.8. The van der Waals surface area contributed by atoms with Crippen LogP contribution >= 0.6 is 11.8 Å². The summed E-state index contributed by atoms with van der Waals surface area (Å²) in [5.41, 5.74) is 1.66. The van der Waals surface area contributed by atoms with Crippen LogP contribution in [-0.2, 0) is 11.8 Å². The first-order valence-electron chi connectivity index (χ1n) is 11.4. The summed E-state index contributed by atoms with van der Waals surface area (Å²) in [6.07, 6.45) is 4.67. The fourth-order valence-corrected chi connectivity index (χ4v) is 4.90. The lowest BCUT2D eigenvalue weighted by molar-refractivity contribution is -0.119. The van der Waals surface area contributed by atoms with Crippen LogP contribution in [-0.4, -0.2) is 38.4 Å². The summed E-state index contributed by atoms with van der Waals surface area (Å²) in [5, 5.41) is 15.6. The number of amides is 2. The van der Waals surface area contributed by atoms with E-state index in [4.69, 9.17) is 0 Å². The molecule has 7 nitrogen and oxygen atoms in total. The van der Waals surface area contributed by atoms with Gasteiger partial charge in [0.15, 0.2) is 11.0 Å². The maximum atomic E-state index is 12.8.